The van der Waals surface area contributed by atoms with E-state index in [2.05, 4.69) is 13.8 Å². The van der Waals surface area contributed by atoms with E-state index in [1.165, 1.54) is 0 Å². The molecule has 0 spiro atoms. The van der Waals surface area contributed by atoms with E-state index in [1.54, 1.807) is 16.7 Å². The smallest absolute Gasteiger partial charge is 0.320 e. The third kappa shape index (κ3) is 3.59. The molecule has 114 valence electrons. The molecule has 6 heteroatoms. The molecule has 0 bridgehead atoms. The molecule has 0 aromatic rings. The van der Waals surface area contributed by atoms with Crippen LogP contribution < -0.4 is 0 Å². The number of rotatable bonds is 3. The van der Waals surface area contributed by atoms with Crippen LogP contribution in [0.4, 0.5) is 4.79 Å². The van der Waals surface area contributed by atoms with Gasteiger partial charge in [-0.25, -0.2) is 4.79 Å². The lowest BCUT2D eigenvalue weighted by atomic mass is 9.95. The van der Waals surface area contributed by atoms with E-state index in [-0.39, 0.29) is 18.5 Å². The van der Waals surface area contributed by atoms with Crippen molar-refractivity contribution >= 4 is 23.8 Å². The summed E-state index contributed by atoms with van der Waals surface area (Å²) in [6, 6.07) is -0.114. The average molecular weight is 300 g/mol. The summed E-state index contributed by atoms with van der Waals surface area (Å²) in [4.78, 5) is 27.2. The van der Waals surface area contributed by atoms with Crippen molar-refractivity contribution in [3.63, 3.8) is 0 Å². The Balaban J connectivity index is 1.97. The number of carboxylic acid groups (broad SMARTS) is 1. The molecule has 2 rings (SSSR count). The summed E-state index contributed by atoms with van der Waals surface area (Å²) in [5.74, 6) is 2.00. The Hall–Kier alpha value is -0.910. The Labute approximate surface area is 124 Å². The largest absolute Gasteiger partial charge is 0.481 e. The Bertz CT molecular complexity index is 375. The zero-order chi connectivity index (χ0) is 14.7. The Morgan fingerprint density at radius 3 is 2.70 bits per heavy atom. The van der Waals surface area contributed by atoms with Crippen molar-refractivity contribution in [3.8, 4) is 0 Å². The number of urea groups is 1. The Kier molecular flexibility index (Phi) is 5.18. The highest BCUT2D eigenvalue weighted by Gasteiger charge is 2.35. The average Bonchev–Trinajstić information content (AvgIpc) is 2.87. The van der Waals surface area contributed by atoms with Crippen LogP contribution in [-0.4, -0.2) is 64.1 Å². The fourth-order valence-electron chi connectivity index (χ4n) is 2.96. The number of amides is 2. The maximum atomic E-state index is 12.6. The quantitative estimate of drug-likeness (QED) is 0.866. The van der Waals surface area contributed by atoms with Crippen LogP contribution >= 0.6 is 11.8 Å². The number of carbonyl (C=O) groups excluding carboxylic acids is 1. The van der Waals surface area contributed by atoms with E-state index in [0.717, 1.165) is 31.0 Å². The summed E-state index contributed by atoms with van der Waals surface area (Å²) in [7, 11) is 0. The van der Waals surface area contributed by atoms with E-state index in [0.29, 0.717) is 18.4 Å². The molecule has 20 heavy (non-hydrogen) atoms. The first kappa shape index (κ1) is 15.5. The summed E-state index contributed by atoms with van der Waals surface area (Å²) in [5, 5.41) is 8.98. The van der Waals surface area contributed by atoms with Gasteiger partial charge in [0.1, 0.15) is 0 Å². The van der Waals surface area contributed by atoms with Gasteiger partial charge in [0.2, 0.25) is 0 Å². The van der Waals surface area contributed by atoms with Crippen molar-refractivity contribution in [2.75, 3.05) is 31.1 Å². The molecule has 0 radical (unpaired) electrons. The summed E-state index contributed by atoms with van der Waals surface area (Å²) in [6.07, 6.45) is 1.12. The molecule has 0 aromatic carbocycles. The van der Waals surface area contributed by atoms with Gasteiger partial charge in [0.15, 0.2) is 0 Å². The number of aliphatic carboxylic acids is 1. The minimum absolute atomic E-state index is 0.0414. The molecule has 2 heterocycles. The van der Waals surface area contributed by atoms with Gasteiger partial charge in [-0.2, -0.15) is 11.8 Å². The highest BCUT2D eigenvalue weighted by molar-refractivity contribution is 7.99. The maximum Gasteiger partial charge on any atom is 0.320 e. The van der Waals surface area contributed by atoms with E-state index in [4.69, 9.17) is 5.11 Å². The topological polar surface area (TPSA) is 60.9 Å². The van der Waals surface area contributed by atoms with Crippen molar-refractivity contribution in [2.24, 2.45) is 11.8 Å². The van der Waals surface area contributed by atoms with Gasteiger partial charge < -0.3 is 14.9 Å². The molecule has 2 aliphatic heterocycles. The van der Waals surface area contributed by atoms with Crippen molar-refractivity contribution in [2.45, 2.75) is 32.7 Å². The lowest BCUT2D eigenvalue weighted by Crippen LogP contribution is -2.52. The summed E-state index contributed by atoms with van der Waals surface area (Å²) >= 11 is 1.74. The highest BCUT2D eigenvalue weighted by atomic mass is 32.2. The van der Waals surface area contributed by atoms with Gasteiger partial charge in [0, 0.05) is 31.1 Å². The lowest BCUT2D eigenvalue weighted by molar-refractivity contribution is -0.138. The van der Waals surface area contributed by atoms with Gasteiger partial charge in [0.05, 0.1) is 12.5 Å². The molecule has 2 aliphatic rings. The second-order valence-electron chi connectivity index (χ2n) is 6.04. The number of hydrogen-bond acceptors (Lipinski definition) is 3. The zero-order valence-corrected chi connectivity index (χ0v) is 13.1. The molecule has 2 saturated heterocycles. The van der Waals surface area contributed by atoms with E-state index in [1.807, 2.05) is 4.90 Å². The molecule has 2 atom stereocenters. The van der Waals surface area contributed by atoms with Gasteiger partial charge in [-0.15, -0.1) is 0 Å². The van der Waals surface area contributed by atoms with Gasteiger partial charge in [-0.3, -0.25) is 4.79 Å². The van der Waals surface area contributed by atoms with Crippen LogP contribution in [-0.2, 0) is 4.79 Å². The minimum Gasteiger partial charge on any atom is -0.481 e. The van der Waals surface area contributed by atoms with E-state index >= 15 is 0 Å². The molecule has 5 nitrogen and oxygen atoms in total. The van der Waals surface area contributed by atoms with Crippen LogP contribution in [0.5, 0.6) is 0 Å². The van der Waals surface area contributed by atoms with Gasteiger partial charge >= 0.3 is 12.0 Å². The Morgan fingerprint density at radius 1 is 1.35 bits per heavy atom. The monoisotopic (exact) mass is 300 g/mol. The highest BCUT2D eigenvalue weighted by Crippen LogP contribution is 2.27. The van der Waals surface area contributed by atoms with Crippen molar-refractivity contribution in [3.05, 3.63) is 0 Å². The van der Waals surface area contributed by atoms with Crippen molar-refractivity contribution < 1.29 is 14.7 Å². The molecule has 1 N–H and O–H groups in total. The summed E-state index contributed by atoms with van der Waals surface area (Å²) in [6.45, 7) is 6.70. The second kappa shape index (κ2) is 6.70. The number of thioether (sulfide) groups is 1. The predicted octanol–water partition coefficient (Wildman–Crippen LogP) is 1.98. The third-order valence-corrected chi connectivity index (χ3v) is 5.41. The van der Waals surface area contributed by atoms with Crippen molar-refractivity contribution in [1.82, 2.24) is 9.80 Å². The first-order chi connectivity index (χ1) is 9.49. The molecular weight excluding hydrogens is 276 g/mol. The first-order valence-electron chi connectivity index (χ1n) is 7.34. The minimum atomic E-state index is -0.822. The molecule has 2 unspecified atom stereocenters. The van der Waals surface area contributed by atoms with Gasteiger partial charge in [-0.05, 0) is 18.3 Å². The standard InChI is InChI=1S/C14H24N2O3S/c1-10(2)11-3-4-15(8-11)14(19)16-5-6-20-9-12(16)7-13(17)18/h10-12H,3-9H2,1-2H3,(H,17,18). The van der Waals surface area contributed by atoms with Crippen LogP contribution in [0.25, 0.3) is 0 Å². The van der Waals surface area contributed by atoms with Gasteiger partial charge in [0.25, 0.3) is 0 Å². The molecule has 2 amide bonds. The molecule has 0 aromatic heterocycles. The van der Waals surface area contributed by atoms with Crippen LogP contribution in [0.3, 0.4) is 0 Å². The number of nitrogens with zero attached hydrogens (tertiary/aromatic N) is 2. The predicted molar refractivity (Wildman–Crippen MR) is 80.0 cm³/mol. The second-order valence-corrected chi connectivity index (χ2v) is 7.19. The number of carbonyl (C=O) groups is 2. The molecule has 0 saturated carbocycles. The number of hydrogen-bond donors (Lipinski definition) is 1. The van der Waals surface area contributed by atoms with Crippen LogP contribution in [0.1, 0.15) is 26.7 Å². The fourth-order valence-corrected chi connectivity index (χ4v) is 4.03. The van der Waals surface area contributed by atoms with E-state index in [9.17, 15) is 9.59 Å². The van der Waals surface area contributed by atoms with E-state index < -0.39 is 5.97 Å². The molecular formula is C14H24N2O3S. The van der Waals surface area contributed by atoms with Crippen LogP contribution in [0, 0.1) is 11.8 Å². The van der Waals surface area contributed by atoms with Gasteiger partial charge in [-0.1, -0.05) is 13.8 Å². The normalized spacial score (nSPS) is 27.1. The SMILES string of the molecule is CC(C)C1CCN(C(=O)N2CCSCC2CC(=O)O)C1. The van der Waals surface area contributed by atoms with Crippen LogP contribution in [0.2, 0.25) is 0 Å². The van der Waals surface area contributed by atoms with Crippen molar-refractivity contribution in [1.29, 1.82) is 0 Å². The molecule has 0 aliphatic carbocycles. The summed E-state index contributed by atoms with van der Waals surface area (Å²) in [5.41, 5.74) is 0. The summed E-state index contributed by atoms with van der Waals surface area (Å²) < 4.78 is 0. The number of likely N-dealkylation sites (tertiary alicyclic amines) is 1. The lowest BCUT2D eigenvalue weighted by Gasteiger charge is -2.37. The van der Waals surface area contributed by atoms with Crippen LogP contribution in [0.15, 0.2) is 0 Å². The fraction of sp³-hybridized carbons (Fsp3) is 0.857. The first-order valence-corrected chi connectivity index (χ1v) is 8.49. The Morgan fingerprint density at radius 2 is 2.10 bits per heavy atom. The molecule has 2 fully saturated rings. The number of carboxylic acids is 1. The third-order valence-electron chi connectivity index (χ3n) is 4.32. The maximum absolute atomic E-state index is 12.6. The zero-order valence-electron chi connectivity index (χ0n) is 12.2.